The van der Waals surface area contributed by atoms with Crippen molar-refractivity contribution in [3.63, 3.8) is 0 Å². The molecule has 83 heavy (non-hydrogen) atoms. The molecule has 18 nitrogen and oxygen atoms in total. The van der Waals surface area contributed by atoms with Gasteiger partial charge in [0.15, 0.2) is 5.58 Å². The Hall–Kier alpha value is -9.15. The van der Waals surface area contributed by atoms with Gasteiger partial charge < -0.3 is 50.0 Å². The van der Waals surface area contributed by atoms with Crippen LogP contribution in [0.15, 0.2) is 108 Å². The Morgan fingerprint density at radius 3 is 1.54 bits per heavy atom. The zero-order valence-corrected chi connectivity index (χ0v) is 48.4. The first kappa shape index (κ1) is 58.5. The van der Waals surface area contributed by atoms with Crippen LogP contribution in [0, 0.1) is 73.2 Å². The molecule has 12 aromatic rings. The number of hydrogen-bond donors (Lipinski definition) is 9. The summed E-state index contributed by atoms with van der Waals surface area (Å²) in [4.78, 5) is 45.3. The van der Waals surface area contributed by atoms with Crippen molar-refractivity contribution < 1.29 is 27.9 Å². The van der Waals surface area contributed by atoms with E-state index < -0.39 is 17.8 Å². The van der Waals surface area contributed by atoms with Crippen molar-refractivity contribution in [2.75, 3.05) is 5.32 Å². The number of pyridine rings is 2. The predicted molar refractivity (Wildman–Crippen MR) is 318 cm³/mol. The van der Waals surface area contributed by atoms with Crippen molar-refractivity contribution in [1.29, 1.82) is 0 Å². The highest BCUT2D eigenvalue weighted by Gasteiger charge is 2.19. The van der Waals surface area contributed by atoms with Crippen LogP contribution in [0.25, 0.3) is 84.2 Å². The van der Waals surface area contributed by atoms with E-state index in [0.29, 0.717) is 71.7 Å². The van der Waals surface area contributed by atoms with Gasteiger partial charge in [0.05, 0.1) is 28.2 Å². The third kappa shape index (κ3) is 13.3. The smallest absolute Gasteiger partial charge is 0.234 e. The molecule has 0 saturated carbocycles. The Balaban J connectivity index is 0.000000125. The number of imidazole rings is 5. The number of hydrogen-bond acceptors (Lipinski definition) is 12. The van der Waals surface area contributed by atoms with Gasteiger partial charge in [0.2, 0.25) is 17.8 Å². The third-order valence-corrected chi connectivity index (χ3v) is 13.7. The molecule has 0 bridgehead atoms. The summed E-state index contributed by atoms with van der Waals surface area (Å²) in [6.07, 6.45) is 3.15. The number of halogens is 7. The number of fused-ring (bicyclic) bond motifs is 3. The van der Waals surface area contributed by atoms with Gasteiger partial charge in [-0.05, 0) is 116 Å². The van der Waals surface area contributed by atoms with Crippen LogP contribution in [-0.2, 0) is 0 Å². The van der Waals surface area contributed by atoms with Crippen LogP contribution in [0.1, 0.15) is 51.5 Å². The number of aromatic hydroxyl groups is 1. The molecule has 1 aliphatic rings. The first-order valence-electron chi connectivity index (χ1n) is 25.1. The molecule has 10 heterocycles. The molecular weight excluding hydrogens is 1150 g/mol. The number of aryl methyl sites for hydroxylation is 8. The molecule has 9 aromatic heterocycles. The number of H-pyrrole nitrogens is 6. The highest BCUT2D eigenvalue weighted by molar-refractivity contribution is 6.32. The Kier molecular flexibility index (Phi) is 17.3. The van der Waals surface area contributed by atoms with Gasteiger partial charge in [0.1, 0.15) is 78.3 Å². The van der Waals surface area contributed by atoms with E-state index in [4.69, 9.17) is 50.9 Å². The maximum atomic E-state index is 13.5. The number of aliphatic hydroxyl groups excluding tert-OH is 1. The first-order valence-corrected chi connectivity index (χ1v) is 26.6. The highest BCUT2D eigenvalue weighted by Crippen LogP contribution is 2.36. The van der Waals surface area contributed by atoms with Crippen LogP contribution < -0.4 is 5.32 Å². The van der Waals surface area contributed by atoms with Gasteiger partial charge in [-0.2, -0.15) is 18.2 Å². The highest BCUT2D eigenvalue weighted by atomic mass is 35.5. The third-order valence-electron chi connectivity index (χ3n) is 12.5. The molecular formula is C58H50Cl4F3N15O3. The summed E-state index contributed by atoms with van der Waals surface area (Å²) in [5, 5.41) is 30.3. The van der Waals surface area contributed by atoms with Crippen molar-refractivity contribution in [2.45, 2.75) is 55.4 Å². The molecule has 0 unspecified atom stereocenters. The van der Waals surface area contributed by atoms with Gasteiger partial charge in [-0.25, -0.2) is 29.9 Å². The van der Waals surface area contributed by atoms with Gasteiger partial charge in [-0.3, -0.25) is 0 Å². The van der Waals surface area contributed by atoms with Crippen LogP contribution in [-0.4, -0.2) is 80.2 Å². The number of allylic oxidation sites excluding steroid dienone is 1. The molecule has 0 amide bonds. The zero-order chi connectivity index (χ0) is 59.6. The molecule has 9 N–H and O–H groups in total. The molecule has 0 spiro atoms. The molecule has 0 fully saturated rings. The number of rotatable bonds is 5. The average Bonchev–Trinajstić information content (AvgIpc) is 4.50. The van der Waals surface area contributed by atoms with E-state index in [2.05, 4.69) is 81.8 Å². The topological polar surface area (TPSA) is 263 Å². The monoisotopic (exact) mass is 1200 g/mol. The van der Waals surface area contributed by atoms with E-state index in [0.717, 1.165) is 73.1 Å². The lowest BCUT2D eigenvalue weighted by molar-refractivity contribution is 0.450. The van der Waals surface area contributed by atoms with Crippen molar-refractivity contribution >= 4 is 79.7 Å². The Morgan fingerprint density at radius 1 is 0.518 bits per heavy atom. The maximum Gasteiger partial charge on any atom is 0.234 e. The van der Waals surface area contributed by atoms with Gasteiger partial charge in [0, 0.05) is 73.6 Å². The second kappa shape index (κ2) is 24.5. The van der Waals surface area contributed by atoms with E-state index in [1.54, 1.807) is 51.2 Å². The zero-order valence-electron chi connectivity index (χ0n) is 45.4. The fraction of sp³-hybridized carbons (Fsp3) is 0.138. The number of benzene rings is 3. The lowest BCUT2D eigenvalue weighted by Crippen LogP contribution is -2.05. The molecule has 0 radical (unpaired) electrons. The first-order chi connectivity index (χ1) is 39.5. The molecule has 0 saturated heterocycles. The second-order valence-corrected chi connectivity index (χ2v) is 20.4. The molecule has 13 rings (SSSR count). The minimum atomic E-state index is -0.649. The van der Waals surface area contributed by atoms with Gasteiger partial charge >= 0.3 is 0 Å². The average molecular weight is 1200 g/mol. The van der Waals surface area contributed by atoms with E-state index in [1.165, 1.54) is 13.0 Å². The number of anilines is 1. The Bertz CT molecular complexity index is 4280. The predicted octanol–water partition coefficient (Wildman–Crippen LogP) is 15.8. The summed E-state index contributed by atoms with van der Waals surface area (Å²) in [5.74, 6) is 1.48. The fourth-order valence-corrected chi connectivity index (χ4v) is 9.42. The number of aromatic amines is 6. The van der Waals surface area contributed by atoms with Crippen LogP contribution in [0.5, 0.6) is 5.75 Å². The van der Waals surface area contributed by atoms with Crippen molar-refractivity contribution in [3.8, 4) is 62.3 Å². The molecule has 3 aromatic carbocycles. The standard InChI is InChI=1S/C14H12ClN3O.2C12H10ClN3O.C10H9ClFN3.C10H9F2N3/c1-7-5-12(19)10-6-9(3-4-11(10)16-7)13-14(15)18-8(2)17-13;1-6-9-4-3-8(5-10(9)17-16-6)11-12(13)15-7(2)14-11;1-6-15-11(12(13)16-6)7-2-3-9-8(4-7)10(17)5-14-9;2*1-5-3-4-7(9(12)13-5)10-14-6(2)8(11)15-10/h3-6,16,19H,1H2,2H3,(H,17,18);3-5H,1-2H3,(H,14,15);2-5,14,17H,1H3,(H,15,16);2*3-4H,1-2H3,(H,14,15). The van der Waals surface area contributed by atoms with E-state index in [-0.39, 0.29) is 28.6 Å². The summed E-state index contributed by atoms with van der Waals surface area (Å²) in [5.41, 5.74) is 12.2. The summed E-state index contributed by atoms with van der Waals surface area (Å²) in [7, 11) is 0. The van der Waals surface area contributed by atoms with Crippen molar-refractivity contribution in [2.24, 2.45) is 0 Å². The Morgan fingerprint density at radius 2 is 1.04 bits per heavy atom. The van der Waals surface area contributed by atoms with Crippen LogP contribution in [0.2, 0.25) is 20.6 Å². The lowest BCUT2D eigenvalue weighted by Gasteiger charge is -2.18. The molecule has 0 atom stereocenters. The quantitative estimate of drug-likeness (QED) is 0.0729. The fourth-order valence-electron chi connectivity index (χ4n) is 8.43. The Labute approximate surface area is 491 Å². The number of aromatic nitrogens is 14. The van der Waals surface area contributed by atoms with Gasteiger partial charge in [-0.1, -0.05) is 76.3 Å². The van der Waals surface area contributed by atoms with E-state index in [9.17, 15) is 23.4 Å². The molecule has 1 aliphatic heterocycles. The summed E-state index contributed by atoms with van der Waals surface area (Å²) >= 11 is 24.0. The number of nitrogens with one attached hydrogen (secondary N) is 7. The summed E-state index contributed by atoms with van der Waals surface area (Å²) in [6, 6.07) is 23.7. The van der Waals surface area contributed by atoms with E-state index in [1.807, 2.05) is 82.3 Å². The van der Waals surface area contributed by atoms with Crippen LogP contribution >= 0.6 is 46.4 Å². The minimum absolute atomic E-state index is 0.162. The maximum absolute atomic E-state index is 13.5. The molecule has 424 valence electrons. The van der Waals surface area contributed by atoms with Crippen molar-refractivity contribution in [1.82, 2.24) is 69.9 Å². The van der Waals surface area contributed by atoms with Gasteiger partial charge in [-0.15, -0.1) is 0 Å². The molecule has 25 heteroatoms. The SMILES string of the molecule is C=C1C=C(O)c2cc(-c3nc(C)[nH]c3Cl)ccc2N1.Cc1ccc(-c2nc(Cl)c(C)[nH]2)c(F)n1.Cc1ccc(-c2nc(F)c(C)[nH]2)c(F)n1.Cc1nc(-c2ccc3[nH]cc(O)c3c2)c(Cl)[nH]1.Cc1nc(-c2ccc3c(C)noc3c2)c(Cl)[nH]1. The normalized spacial score (nSPS) is 11.6. The molecule has 0 aliphatic carbocycles. The summed E-state index contributed by atoms with van der Waals surface area (Å²) in [6.45, 7) is 18.0. The van der Waals surface area contributed by atoms with E-state index >= 15 is 0 Å². The van der Waals surface area contributed by atoms with Crippen molar-refractivity contribution in [3.05, 3.63) is 193 Å². The number of nitrogens with zero attached hydrogens (tertiary/aromatic N) is 8. The number of aliphatic hydroxyl groups is 1. The van der Waals surface area contributed by atoms with Crippen LogP contribution in [0.4, 0.5) is 18.9 Å². The van der Waals surface area contributed by atoms with Crippen LogP contribution in [0.3, 0.4) is 0 Å². The lowest BCUT2D eigenvalue weighted by atomic mass is 10.0. The second-order valence-electron chi connectivity index (χ2n) is 18.9. The largest absolute Gasteiger partial charge is 0.507 e. The van der Waals surface area contributed by atoms with Gasteiger partial charge in [0.25, 0.3) is 0 Å². The summed E-state index contributed by atoms with van der Waals surface area (Å²) < 4.78 is 45.0. The minimum Gasteiger partial charge on any atom is -0.507 e.